The summed E-state index contributed by atoms with van der Waals surface area (Å²) in [4.78, 5) is 11.3. The van der Waals surface area contributed by atoms with Crippen LogP contribution in [-0.4, -0.2) is 18.0 Å². The van der Waals surface area contributed by atoms with Crippen molar-refractivity contribution in [3.8, 4) is 0 Å². The fourth-order valence-corrected chi connectivity index (χ4v) is 1.32. The summed E-state index contributed by atoms with van der Waals surface area (Å²) < 4.78 is 0. The van der Waals surface area contributed by atoms with Crippen molar-refractivity contribution in [3.63, 3.8) is 0 Å². The molecule has 2 atom stereocenters. The molecular weight excluding hydrogens is 140 g/mol. The summed E-state index contributed by atoms with van der Waals surface area (Å²) in [5, 5.41) is 2.80. The Morgan fingerprint density at radius 2 is 2.36 bits per heavy atom. The van der Waals surface area contributed by atoms with Gasteiger partial charge in [-0.3, -0.25) is 4.79 Å². The van der Waals surface area contributed by atoms with Crippen molar-refractivity contribution in [2.24, 2.45) is 11.7 Å². The summed E-state index contributed by atoms with van der Waals surface area (Å²) in [7, 11) is 0. The van der Waals surface area contributed by atoms with Gasteiger partial charge in [-0.1, -0.05) is 6.92 Å². The topological polar surface area (TPSA) is 55.1 Å². The second-order valence-corrected chi connectivity index (χ2v) is 3.58. The number of rotatable bonds is 0. The molecule has 0 radical (unpaired) electrons. The quantitative estimate of drug-likeness (QED) is 0.528. The fraction of sp³-hybridized carbons (Fsp3) is 0.875. The van der Waals surface area contributed by atoms with E-state index in [0.29, 0.717) is 0 Å². The van der Waals surface area contributed by atoms with Crippen LogP contribution in [0.15, 0.2) is 0 Å². The molecule has 0 aromatic heterocycles. The molecule has 0 aliphatic carbocycles. The standard InChI is InChI=1S/C8H16N2O/c1-6-4-3-5-10-7(11)8(6,2)9/h6H,3-5,9H2,1-2H3,(H,10,11). The third-order valence-electron chi connectivity index (χ3n) is 2.61. The Labute approximate surface area is 67.3 Å². The molecule has 0 aromatic rings. The summed E-state index contributed by atoms with van der Waals surface area (Å²) in [5.74, 6) is 0.271. The Morgan fingerprint density at radius 1 is 1.73 bits per heavy atom. The largest absolute Gasteiger partial charge is 0.355 e. The predicted molar refractivity (Wildman–Crippen MR) is 44.0 cm³/mol. The lowest BCUT2D eigenvalue weighted by Crippen LogP contribution is -2.54. The number of amides is 1. The second-order valence-electron chi connectivity index (χ2n) is 3.58. The van der Waals surface area contributed by atoms with Gasteiger partial charge in [0.05, 0.1) is 5.54 Å². The van der Waals surface area contributed by atoms with Gasteiger partial charge < -0.3 is 11.1 Å². The first kappa shape index (κ1) is 8.53. The molecule has 1 aliphatic heterocycles. The van der Waals surface area contributed by atoms with Crippen LogP contribution in [0.4, 0.5) is 0 Å². The third kappa shape index (κ3) is 1.53. The first-order valence-corrected chi connectivity index (χ1v) is 4.12. The molecule has 3 nitrogen and oxygen atoms in total. The lowest BCUT2D eigenvalue weighted by atomic mass is 9.85. The lowest BCUT2D eigenvalue weighted by molar-refractivity contribution is -0.126. The van der Waals surface area contributed by atoms with Gasteiger partial charge in [0.15, 0.2) is 0 Å². The minimum Gasteiger partial charge on any atom is -0.355 e. The summed E-state index contributed by atoms with van der Waals surface area (Å²) in [6.45, 7) is 4.61. The average molecular weight is 156 g/mol. The van der Waals surface area contributed by atoms with Crippen LogP contribution < -0.4 is 11.1 Å². The monoisotopic (exact) mass is 156 g/mol. The zero-order valence-corrected chi connectivity index (χ0v) is 7.18. The van der Waals surface area contributed by atoms with E-state index in [4.69, 9.17) is 5.73 Å². The highest BCUT2D eigenvalue weighted by Crippen LogP contribution is 2.21. The van der Waals surface area contributed by atoms with E-state index in [1.807, 2.05) is 6.92 Å². The molecule has 64 valence electrons. The van der Waals surface area contributed by atoms with Crippen molar-refractivity contribution >= 4 is 5.91 Å². The Bertz CT molecular complexity index is 165. The first-order chi connectivity index (χ1) is 5.05. The second kappa shape index (κ2) is 2.81. The molecule has 1 rings (SSSR count). The average Bonchev–Trinajstić information content (AvgIpc) is 2.03. The summed E-state index contributed by atoms with van der Waals surface area (Å²) >= 11 is 0. The summed E-state index contributed by atoms with van der Waals surface area (Å²) in [6, 6.07) is 0. The van der Waals surface area contributed by atoms with Crippen molar-refractivity contribution in [1.82, 2.24) is 5.32 Å². The Hall–Kier alpha value is -0.570. The maximum absolute atomic E-state index is 11.3. The van der Waals surface area contributed by atoms with Crippen LogP contribution in [0.2, 0.25) is 0 Å². The van der Waals surface area contributed by atoms with E-state index < -0.39 is 5.54 Å². The van der Waals surface area contributed by atoms with Crippen LogP contribution in [0, 0.1) is 5.92 Å². The molecule has 0 saturated carbocycles. The van der Waals surface area contributed by atoms with Gasteiger partial charge in [0.25, 0.3) is 0 Å². The van der Waals surface area contributed by atoms with E-state index in [1.54, 1.807) is 6.92 Å². The molecule has 0 bridgehead atoms. The van der Waals surface area contributed by atoms with Crippen LogP contribution in [0.25, 0.3) is 0 Å². The predicted octanol–water partition coefficient (Wildman–Crippen LogP) is 0.250. The number of carbonyl (C=O) groups excluding carboxylic acids is 1. The normalized spacial score (nSPS) is 39.5. The summed E-state index contributed by atoms with van der Waals surface area (Å²) in [5.41, 5.74) is 5.18. The van der Waals surface area contributed by atoms with Crippen LogP contribution >= 0.6 is 0 Å². The number of nitrogens with one attached hydrogen (secondary N) is 1. The van der Waals surface area contributed by atoms with E-state index in [0.717, 1.165) is 19.4 Å². The van der Waals surface area contributed by atoms with Gasteiger partial charge in [-0.2, -0.15) is 0 Å². The van der Waals surface area contributed by atoms with Crippen molar-refractivity contribution < 1.29 is 4.79 Å². The third-order valence-corrected chi connectivity index (χ3v) is 2.61. The molecule has 2 unspecified atom stereocenters. The Kier molecular flexibility index (Phi) is 2.18. The zero-order chi connectivity index (χ0) is 8.48. The highest BCUT2D eigenvalue weighted by Gasteiger charge is 2.35. The SMILES string of the molecule is CC1CCCNC(=O)C1(C)N. The van der Waals surface area contributed by atoms with E-state index >= 15 is 0 Å². The molecule has 0 spiro atoms. The lowest BCUT2D eigenvalue weighted by Gasteiger charge is -2.26. The molecule has 0 aromatic carbocycles. The van der Waals surface area contributed by atoms with Crippen LogP contribution in [0.5, 0.6) is 0 Å². The van der Waals surface area contributed by atoms with Gasteiger partial charge in [-0.25, -0.2) is 0 Å². The van der Waals surface area contributed by atoms with Gasteiger partial charge in [0.2, 0.25) is 5.91 Å². The van der Waals surface area contributed by atoms with Gasteiger partial charge in [-0.05, 0) is 25.7 Å². The van der Waals surface area contributed by atoms with E-state index in [2.05, 4.69) is 5.32 Å². The number of nitrogens with two attached hydrogens (primary N) is 1. The highest BCUT2D eigenvalue weighted by molar-refractivity contribution is 5.86. The number of hydrogen-bond acceptors (Lipinski definition) is 2. The van der Waals surface area contributed by atoms with E-state index in [1.165, 1.54) is 0 Å². The zero-order valence-electron chi connectivity index (χ0n) is 7.18. The fourth-order valence-electron chi connectivity index (χ4n) is 1.32. The molecule has 3 N–H and O–H groups in total. The number of carbonyl (C=O) groups is 1. The van der Waals surface area contributed by atoms with Gasteiger partial charge >= 0.3 is 0 Å². The molecule has 11 heavy (non-hydrogen) atoms. The minimum absolute atomic E-state index is 0.0116. The maximum atomic E-state index is 11.3. The van der Waals surface area contributed by atoms with Gasteiger partial charge in [-0.15, -0.1) is 0 Å². The van der Waals surface area contributed by atoms with Crippen molar-refractivity contribution in [2.45, 2.75) is 32.2 Å². The van der Waals surface area contributed by atoms with Crippen molar-refractivity contribution in [1.29, 1.82) is 0 Å². The Balaban J connectivity index is 2.76. The van der Waals surface area contributed by atoms with Crippen molar-refractivity contribution in [3.05, 3.63) is 0 Å². The van der Waals surface area contributed by atoms with Crippen LogP contribution in [-0.2, 0) is 4.79 Å². The maximum Gasteiger partial charge on any atom is 0.240 e. The first-order valence-electron chi connectivity index (χ1n) is 4.12. The summed E-state index contributed by atoms with van der Waals surface area (Å²) in [6.07, 6.45) is 2.07. The molecular formula is C8H16N2O. The molecule has 3 heteroatoms. The smallest absolute Gasteiger partial charge is 0.240 e. The molecule has 1 fully saturated rings. The minimum atomic E-state index is -0.670. The number of hydrogen-bond donors (Lipinski definition) is 2. The molecule has 1 heterocycles. The van der Waals surface area contributed by atoms with Crippen molar-refractivity contribution in [2.75, 3.05) is 6.54 Å². The van der Waals surface area contributed by atoms with Crippen LogP contribution in [0.1, 0.15) is 26.7 Å². The molecule has 1 amide bonds. The highest BCUT2D eigenvalue weighted by atomic mass is 16.2. The molecule has 1 saturated heterocycles. The van der Waals surface area contributed by atoms with E-state index in [9.17, 15) is 4.79 Å². The molecule has 1 aliphatic rings. The van der Waals surface area contributed by atoms with E-state index in [-0.39, 0.29) is 11.8 Å². The van der Waals surface area contributed by atoms with Gasteiger partial charge in [0.1, 0.15) is 0 Å². The van der Waals surface area contributed by atoms with Crippen LogP contribution in [0.3, 0.4) is 0 Å². The van der Waals surface area contributed by atoms with Gasteiger partial charge in [0, 0.05) is 6.54 Å². The Morgan fingerprint density at radius 3 is 3.00 bits per heavy atom.